The van der Waals surface area contributed by atoms with Crippen LogP contribution in [-0.2, 0) is 4.79 Å². The van der Waals surface area contributed by atoms with Crippen molar-refractivity contribution in [1.82, 2.24) is 4.98 Å². The predicted octanol–water partition coefficient (Wildman–Crippen LogP) is 5.93. The fourth-order valence-electron chi connectivity index (χ4n) is 2.31. The minimum absolute atomic E-state index is 0.330. The molecule has 0 spiro atoms. The average molecular weight is 414 g/mol. The van der Waals surface area contributed by atoms with E-state index in [-0.39, 0.29) is 0 Å². The van der Waals surface area contributed by atoms with Gasteiger partial charge in [0, 0.05) is 11.2 Å². The Bertz CT molecular complexity index is 973. The molecule has 28 heavy (non-hydrogen) atoms. The summed E-state index contributed by atoms with van der Waals surface area (Å²) in [5.74, 6) is 0.269. The number of hydrogen-bond acceptors (Lipinski definition) is 4. The quantitative estimate of drug-likeness (QED) is 0.371. The summed E-state index contributed by atoms with van der Waals surface area (Å²) < 4.78 is 10.9. The van der Waals surface area contributed by atoms with E-state index in [4.69, 9.17) is 32.7 Å². The lowest BCUT2D eigenvalue weighted by molar-refractivity contribution is -0.141. The maximum absolute atomic E-state index is 12.3. The maximum Gasteiger partial charge on any atom is 0.352 e. The molecule has 0 fully saturated rings. The molecule has 1 atom stereocenters. The second-order valence-corrected chi connectivity index (χ2v) is 6.76. The SMILES string of the molecule is CC(Oc1ccc(Cl)cc1Cl)C(=O)Oc1ccc(/C=C/c2ccccn2)cc1. The van der Waals surface area contributed by atoms with Crippen LogP contribution in [-0.4, -0.2) is 17.1 Å². The van der Waals surface area contributed by atoms with E-state index in [2.05, 4.69) is 4.98 Å². The molecule has 2 aromatic carbocycles. The number of hydrogen-bond donors (Lipinski definition) is 0. The third-order valence-electron chi connectivity index (χ3n) is 3.76. The maximum atomic E-state index is 12.3. The summed E-state index contributed by atoms with van der Waals surface area (Å²) in [4.78, 5) is 16.5. The number of nitrogens with zero attached hydrogens (tertiary/aromatic N) is 1. The molecule has 4 nitrogen and oxygen atoms in total. The van der Waals surface area contributed by atoms with Gasteiger partial charge in [-0.2, -0.15) is 0 Å². The van der Waals surface area contributed by atoms with Gasteiger partial charge >= 0.3 is 5.97 Å². The van der Waals surface area contributed by atoms with Crippen LogP contribution in [0, 0.1) is 0 Å². The van der Waals surface area contributed by atoms with Crippen LogP contribution in [0.3, 0.4) is 0 Å². The molecule has 0 aliphatic rings. The Morgan fingerprint density at radius 3 is 2.50 bits per heavy atom. The number of aromatic nitrogens is 1. The van der Waals surface area contributed by atoms with E-state index in [0.29, 0.717) is 21.5 Å². The van der Waals surface area contributed by atoms with Gasteiger partial charge in [0.2, 0.25) is 0 Å². The highest BCUT2D eigenvalue weighted by molar-refractivity contribution is 6.35. The minimum Gasteiger partial charge on any atom is -0.477 e. The van der Waals surface area contributed by atoms with Gasteiger partial charge in [-0.1, -0.05) is 47.5 Å². The molecule has 0 amide bonds. The Morgan fingerprint density at radius 2 is 1.82 bits per heavy atom. The van der Waals surface area contributed by atoms with E-state index in [0.717, 1.165) is 11.3 Å². The van der Waals surface area contributed by atoms with Crippen LogP contribution in [0.15, 0.2) is 66.9 Å². The third kappa shape index (κ3) is 5.59. The Morgan fingerprint density at radius 1 is 1.04 bits per heavy atom. The summed E-state index contributed by atoms with van der Waals surface area (Å²) in [6.07, 6.45) is 4.75. The highest BCUT2D eigenvalue weighted by Crippen LogP contribution is 2.28. The number of carbonyl (C=O) groups is 1. The molecule has 0 aliphatic heterocycles. The summed E-state index contributed by atoms with van der Waals surface area (Å²) in [6, 6.07) is 17.6. The van der Waals surface area contributed by atoms with Crippen LogP contribution in [0.25, 0.3) is 12.2 Å². The summed E-state index contributed by atoms with van der Waals surface area (Å²) in [6.45, 7) is 1.59. The lowest BCUT2D eigenvalue weighted by Gasteiger charge is -2.15. The molecule has 3 rings (SSSR count). The summed E-state index contributed by atoms with van der Waals surface area (Å²) in [7, 11) is 0. The van der Waals surface area contributed by atoms with E-state index in [1.807, 2.05) is 42.5 Å². The zero-order valence-corrected chi connectivity index (χ0v) is 16.5. The molecule has 0 bridgehead atoms. The van der Waals surface area contributed by atoms with E-state index in [9.17, 15) is 4.79 Å². The summed E-state index contributed by atoms with van der Waals surface area (Å²) >= 11 is 11.9. The van der Waals surface area contributed by atoms with Crippen molar-refractivity contribution < 1.29 is 14.3 Å². The normalized spacial score (nSPS) is 12.0. The van der Waals surface area contributed by atoms with E-state index < -0.39 is 12.1 Å². The number of esters is 1. The van der Waals surface area contributed by atoms with Crippen LogP contribution in [0.5, 0.6) is 11.5 Å². The number of halogens is 2. The highest BCUT2D eigenvalue weighted by Gasteiger charge is 2.18. The van der Waals surface area contributed by atoms with Gasteiger partial charge in [0.1, 0.15) is 11.5 Å². The first-order valence-electron chi connectivity index (χ1n) is 8.54. The Kier molecular flexibility index (Phi) is 6.69. The number of carbonyl (C=O) groups excluding carboxylic acids is 1. The number of rotatable bonds is 6. The fraction of sp³-hybridized carbons (Fsp3) is 0.0909. The smallest absolute Gasteiger partial charge is 0.352 e. The first kappa shape index (κ1) is 19.9. The van der Waals surface area contributed by atoms with Crippen molar-refractivity contribution in [2.45, 2.75) is 13.0 Å². The van der Waals surface area contributed by atoms with Gasteiger partial charge in [0.25, 0.3) is 0 Å². The first-order chi connectivity index (χ1) is 13.5. The summed E-state index contributed by atoms with van der Waals surface area (Å²) in [5, 5.41) is 0.820. The lowest BCUT2D eigenvalue weighted by atomic mass is 10.2. The van der Waals surface area contributed by atoms with Gasteiger partial charge in [-0.25, -0.2) is 4.79 Å². The molecule has 0 N–H and O–H groups in total. The molecule has 3 aromatic rings. The molecule has 1 aromatic heterocycles. The molecule has 142 valence electrons. The molecule has 0 radical (unpaired) electrons. The zero-order valence-electron chi connectivity index (χ0n) is 15.0. The highest BCUT2D eigenvalue weighted by atomic mass is 35.5. The molecular formula is C22H17Cl2NO3. The lowest BCUT2D eigenvalue weighted by Crippen LogP contribution is -2.28. The third-order valence-corrected chi connectivity index (χ3v) is 4.29. The van der Waals surface area contributed by atoms with Gasteiger partial charge in [0.15, 0.2) is 6.10 Å². The van der Waals surface area contributed by atoms with E-state index >= 15 is 0 Å². The Labute approximate surface area is 173 Å². The van der Waals surface area contributed by atoms with Gasteiger partial charge < -0.3 is 9.47 Å². The van der Waals surface area contributed by atoms with Gasteiger partial charge in [-0.3, -0.25) is 4.98 Å². The van der Waals surface area contributed by atoms with Crippen LogP contribution in [0.4, 0.5) is 0 Å². The number of ether oxygens (including phenoxy) is 2. The van der Waals surface area contributed by atoms with E-state index in [1.165, 1.54) is 0 Å². The second-order valence-electron chi connectivity index (χ2n) is 5.91. The Balaban J connectivity index is 1.58. The van der Waals surface area contributed by atoms with Gasteiger partial charge in [-0.05, 0) is 61.0 Å². The van der Waals surface area contributed by atoms with Gasteiger partial charge in [0.05, 0.1) is 10.7 Å². The van der Waals surface area contributed by atoms with E-state index in [1.54, 1.807) is 43.5 Å². The van der Waals surface area contributed by atoms with Crippen LogP contribution < -0.4 is 9.47 Å². The molecule has 6 heteroatoms. The van der Waals surface area contributed by atoms with Crippen LogP contribution in [0.2, 0.25) is 10.0 Å². The van der Waals surface area contributed by atoms with Crippen molar-refractivity contribution in [3.63, 3.8) is 0 Å². The zero-order chi connectivity index (χ0) is 19.9. The molecule has 0 aliphatic carbocycles. The Hall–Kier alpha value is -2.82. The minimum atomic E-state index is -0.831. The van der Waals surface area contributed by atoms with Crippen LogP contribution >= 0.6 is 23.2 Å². The molecular weight excluding hydrogens is 397 g/mol. The van der Waals surface area contributed by atoms with Crippen LogP contribution in [0.1, 0.15) is 18.2 Å². The van der Waals surface area contributed by atoms with Crippen molar-refractivity contribution >= 4 is 41.3 Å². The van der Waals surface area contributed by atoms with Crippen molar-refractivity contribution in [3.05, 3.63) is 88.2 Å². The molecule has 0 saturated heterocycles. The predicted molar refractivity (Wildman–Crippen MR) is 112 cm³/mol. The topological polar surface area (TPSA) is 48.4 Å². The monoisotopic (exact) mass is 413 g/mol. The first-order valence-corrected chi connectivity index (χ1v) is 9.29. The largest absolute Gasteiger partial charge is 0.477 e. The average Bonchev–Trinajstić information content (AvgIpc) is 2.70. The van der Waals surface area contributed by atoms with Crippen molar-refractivity contribution in [2.24, 2.45) is 0 Å². The molecule has 1 heterocycles. The van der Waals surface area contributed by atoms with Gasteiger partial charge in [-0.15, -0.1) is 0 Å². The van der Waals surface area contributed by atoms with Crippen molar-refractivity contribution in [3.8, 4) is 11.5 Å². The second kappa shape index (κ2) is 9.40. The summed E-state index contributed by atoms with van der Waals surface area (Å²) in [5.41, 5.74) is 1.83. The standard InChI is InChI=1S/C22H17Cl2NO3/c1-15(27-21-12-8-17(23)14-20(21)24)22(26)28-19-10-6-16(7-11-19)5-9-18-4-2-3-13-25-18/h2-15H,1H3/b9-5+. The number of pyridine rings is 1. The molecule has 0 saturated carbocycles. The van der Waals surface area contributed by atoms with Crippen molar-refractivity contribution in [1.29, 1.82) is 0 Å². The number of benzene rings is 2. The fourth-order valence-corrected chi connectivity index (χ4v) is 2.76. The molecule has 1 unspecified atom stereocenters. The van der Waals surface area contributed by atoms with Crippen molar-refractivity contribution in [2.75, 3.05) is 0 Å².